The predicted molar refractivity (Wildman–Crippen MR) is 87.4 cm³/mol. The molecule has 1 heterocycles. The summed E-state index contributed by atoms with van der Waals surface area (Å²) in [6.45, 7) is 10.1. The van der Waals surface area contributed by atoms with E-state index < -0.39 is 28.3 Å². The van der Waals surface area contributed by atoms with E-state index in [9.17, 15) is 20.0 Å². The van der Waals surface area contributed by atoms with Gasteiger partial charge in [-0.05, 0) is 25.2 Å². The van der Waals surface area contributed by atoms with E-state index in [2.05, 4.69) is 31.0 Å². The highest BCUT2D eigenvalue weighted by Gasteiger charge is 2.41. The van der Waals surface area contributed by atoms with Gasteiger partial charge in [0.1, 0.15) is 6.04 Å². The number of hydrogen-bond acceptors (Lipinski definition) is 5. The predicted octanol–water partition coefficient (Wildman–Crippen LogP) is 2.25. The molecule has 7 heteroatoms. The van der Waals surface area contributed by atoms with E-state index >= 15 is 0 Å². The average molecular weight is 321 g/mol. The summed E-state index contributed by atoms with van der Waals surface area (Å²) in [6, 6.07) is 7.57. The Balaban J connectivity index is 0.000000322. The highest BCUT2D eigenvalue weighted by atomic mass is 16.6. The zero-order chi connectivity index (χ0) is 17.4. The highest BCUT2D eigenvalue weighted by molar-refractivity contribution is 5.94. The largest absolute Gasteiger partial charge is 0.498 e. The Morgan fingerprint density at radius 3 is 2.09 bits per heavy atom. The zero-order valence-corrected chi connectivity index (χ0v) is 13.7. The summed E-state index contributed by atoms with van der Waals surface area (Å²) >= 11 is 0. The van der Waals surface area contributed by atoms with Crippen LogP contribution in [0.25, 0.3) is 0 Å². The monoisotopic (exact) mass is 321 g/mol. The van der Waals surface area contributed by atoms with Crippen molar-refractivity contribution in [2.24, 2.45) is 0 Å². The van der Waals surface area contributed by atoms with Gasteiger partial charge >= 0.3 is 5.70 Å². The van der Waals surface area contributed by atoms with Crippen LogP contribution in [-0.2, 0) is 4.79 Å². The minimum absolute atomic E-state index is 0.504. The van der Waals surface area contributed by atoms with E-state index in [1.165, 1.54) is 19.6 Å². The first-order valence-corrected chi connectivity index (χ1v) is 7.61. The molecule has 0 bridgehead atoms. The molecule has 2 N–H and O–H groups in total. The van der Waals surface area contributed by atoms with Gasteiger partial charge in [0.05, 0.1) is 4.92 Å². The van der Waals surface area contributed by atoms with E-state index in [1.54, 1.807) is 30.3 Å². The molecule has 1 atom stereocenters. The number of hydrogen-bond donors (Lipinski definition) is 2. The Kier molecular flexibility index (Phi) is 7.21. The molecule has 23 heavy (non-hydrogen) atoms. The highest BCUT2D eigenvalue weighted by Crippen LogP contribution is 2.28. The van der Waals surface area contributed by atoms with Crippen LogP contribution in [0.2, 0.25) is 0 Å². The first-order valence-electron chi connectivity index (χ1n) is 7.61. The lowest BCUT2D eigenvalue weighted by molar-refractivity contribution is -0.432. The first-order chi connectivity index (χ1) is 11.0. The molecule has 1 unspecified atom stereocenters. The van der Waals surface area contributed by atoms with Crippen LogP contribution in [0.4, 0.5) is 0 Å². The number of carbonyl (C=O) groups is 1. The minimum Gasteiger partial charge on any atom is -0.498 e. The van der Waals surface area contributed by atoms with Crippen molar-refractivity contribution in [3.63, 3.8) is 0 Å². The second-order valence-corrected chi connectivity index (χ2v) is 4.93. The molecule has 1 aromatic carbocycles. The van der Waals surface area contributed by atoms with E-state index in [0.29, 0.717) is 5.56 Å². The molecule has 0 aliphatic carbocycles. The summed E-state index contributed by atoms with van der Waals surface area (Å²) in [5, 5.41) is 22.4. The molecule has 1 amide bonds. The molecule has 126 valence electrons. The first kappa shape index (κ1) is 18.6. The number of amides is 1. The summed E-state index contributed by atoms with van der Waals surface area (Å²) in [5.74, 6) is -1.64. The van der Waals surface area contributed by atoms with Gasteiger partial charge in [-0.2, -0.15) is 0 Å². The fourth-order valence-electron chi connectivity index (χ4n) is 2.27. The van der Waals surface area contributed by atoms with Crippen LogP contribution >= 0.6 is 0 Å². The van der Waals surface area contributed by atoms with Crippen LogP contribution in [0.15, 0.2) is 41.8 Å². The van der Waals surface area contributed by atoms with Gasteiger partial charge in [-0.25, -0.2) is 0 Å². The third-order valence-corrected chi connectivity index (χ3v) is 3.68. The van der Waals surface area contributed by atoms with E-state index in [1.807, 2.05) is 0 Å². The molecule has 1 aliphatic rings. The Morgan fingerprint density at radius 2 is 1.70 bits per heavy atom. The van der Waals surface area contributed by atoms with Crippen LogP contribution < -0.4 is 5.32 Å². The maximum absolute atomic E-state index is 11.1. The summed E-state index contributed by atoms with van der Waals surface area (Å²) < 4.78 is 0. The smallest absolute Gasteiger partial charge is 0.319 e. The van der Waals surface area contributed by atoms with Gasteiger partial charge in [0, 0.05) is 0 Å². The topological polar surface area (TPSA) is 95.7 Å². The Labute approximate surface area is 135 Å². The SMILES string of the molecule is CCN(CC)CC.O=C1NC(c2ccccc2)C([N+](=O)[O-])=C1O. The molecule has 0 spiro atoms. The number of nitro groups is 1. The maximum atomic E-state index is 11.1. The fraction of sp³-hybridized carbons (Fsp3) is 0.438. The Hall–Kier alpha value is -2.41. The van der Waals surface area contributed by atoms with Crippen molar-refractivity contribution in [3.8, 4) is 0 Å². The second-order valence-electron chi connectivity index (χ2n) is 4.93. The van der Waals surface area contributed by atoms with Crippen LogP contribution in [0.1, 0.15) is 32.4 Å². The standard InChI is InChI=1S/C10H8N2O4.C6H15N/c13-9-8(12(15)16)7(11-10(9)14)6-4-2-1-3-5-6;1-4-7(5-2)6-3/h1-5,7,13H,(H,11,14);4-6H2,1-3H3. The lowest BCUT2D eigenvalue weighted by atomic mass is 10.1. The number of nitrogens with one attached hydrogen (secondary N) is 1. The van der Waals surface area contributed by atoms with E-state index in [0.717, 1.165) is 0 Å². The molecule has 0 radical (unpaired) electrons. The summed E-state index contributed by atoms with van der Waals surface area (Å²) in [6.07, 6.45) is 0. The molecule has 2 rings (SSSR count). The van der Waals surface area contributed by atoms with Crippen molar-refractivity contribution < 1.29 is 14.8 Å². The van der Waals surface area contributed by atoms with E-state index in [4.69, 9.17) is 0 Å². The third kappa shape index (κ3) is 4.79. The minimum atomic E-state index is -0.885. The molecule has 0 aromatic heterocycles. The van der Waals surface area contributed by atoms with Crippen molar-refractivity contribution in [3.05, 3.63) is 57.5 Å². The lowest BCUT2D eigenvalue weighted by Gasteiger charge is -2.13. The molecule has 0 saturated heterocycles. The molecule has 7 nitrogen and oxygen atoms in total. The third-order valence-electron chi connectivity index (χ3n) is 3.68. The zero-order valence-electron chi connectivity index (χ0n) is 13.7. The number of nitrogens with zero attached hydrogens (tertiary/aromatic N) is 2. The Bertz CT molecular complexity index is 562. The molecule has 1 aliphatic heterocycles. The van der Waals surface area contributed by atoms with Crippen molar-refractivity contribution in [2.45, 2.75) is 26.8 Å². The van der Waals surface area contributed by atoms with Crippen molar-refractivity contribution in [1.29, 1.82) is 0 Å². The van der Waals surface area contributed by atoms with Gasteiger partial charge in [-0.15, -0.1) is 0 Å². The van der Waals surface area contributed by atoms with Crippen molar-refractivity contribution in [1.82, 2.24) is 10.2 Å². The molecule has 0 saturated carbocycles. The molecule has 0 fully saturated rings. The van der Waals surface area contributed by atoms with Gasteiger partial charge in [0.25, 0.3) is 11.7 Å². The van der Waals surface area contributed by atoms with Gasteiger partial charge < -0.3 is 15.3 Å². The van der Waals surface area contributed by atoms with Crippen molar-refractivity contribution >= 4 is 5.91 Å². The van der Waals surface area contributed by atoms with Gasteiger partial charge in [-0.1, -0.05) is 51.1 Å². The lowest BCUT2D eigenvalue weighted by Crippen LogP contribution is -2.23. The van der Waals surface area contributed by atoms with E-state index in [-0.39, 0.29) is 0 Å². The summed E-state index contributed by atoms with van der Waals surface area (Å²) in [4.78, 5) is 23.5. The van der Waals surface area contributed by atoms with Gasteiger partial charge in [-0.3, -0.25) is 14.9 Å². The average Bonchev–Trinajstić information content (AvgIpc) is 2.86. The number of rotatable bonds is 5. The normalized spacial score (nSPS) is 16.9. The fourth-order valence-corrected chi connectivity index (χ4v) is 2.27. The summed E-state index contributed by atoms with van der Waals surface area (Å²) in [7, 11) is 0. The quantitative estimate of drug-likeness (QED) is 0.640. The molecular weight excluding hydrogens is 298 g/mol. The van der Waals surface area contributed by atoms with Gasteiger partial charge in [0.15, 0.2) is 0 Å². The molecule has 1 aromatic rings. The second kappa shape index (κ2) is 8.89. The maximum Gasteiger partial charge on any atom is 0.319 e. The number of aliphatic hydroxyl groups is 1. The number of aliphatic hydroxyl groups excluding tert-OH is 1. The van der Waals surface area contributed by atoms with Crippen molar-refractivity contribution in [2.75, 3.05) is 19.6 Å². The number of carbonyl (C=O) groups excluding carboxylic acids is 1. The van der Waals surface area contributed by atoms with Crippen LogP contribution in [0.3, 0.4) is 0 Å². The van der Waals surface area contributed by atoms with Crippen LogP contribution in [0, 0.1) is 10.1 Å². The van der Waals surface area contributed by atoms with Gasteiger partial charge in [0.2, 0.25) is 0 Å². The summed E-state index contributed by atoms with van der Waals surface area (Å²) in [5.41, 5.74) is 0.0581. The number of benzene rings is 1. The van der Waals surface area contributed by atoms with Crippen LogP contribution in [0.5, 0.6) is 0 Å². The molecular formula is C16H23N3O4. The Morgan fingerprint density at radius 1 is 1.17 bits per heavy atom. The van der Waals surface area contributed by atoms with Crippen LogP contribution in [-0.4, -0.2) is 40.5 Å².